The van der Waals surface area contributed by atoms with Gasteiger partial charge in [-0.3, -0.25) is 0 Å². The minimum Gasteiger partial charge on any atom is -0.308 e. The molecule has 294 valence electrons. The van der Waals surface area contributed by atoms with Gasteiger partial charge in [-0.25, -0.2) is 9.97 Å². The van der Waals surface area contributed by atoms with Crippen molar-refractivity contribution in [3.63, 3.8) is 0 Å². The highest BCUT2D eigenvalue weighted by Crippen LogP contribution is 2.45. The highest BCUT2D eigenvalue weighted by Gasteiger charge is 2.30. The maximum Gasteiger partial charge on any atom is 0.416 e. The molecule has 0 spiro atoms. The predicted octanol–water partition coefficient (Wildman–Crippen LogP) is 15.2. The zero-order valence-corrected chi connectivity index (χ0v) is 33.5. The molecule has 0 amide bonds. The van der Waals surface area contributed by atoms with E-state index in [4.69, 9.17) is 9.97 Å². The summed E-state index contributed by atoms with van der Waals surface area (Å²) >= 11 is 0. The molecule has 0 fully saturated rings. The van der Waals surface area contributed by atoms with Gasteiger partial charge in [0.05, 0.1) is 33.7 Å². The number of rotatable bonds is 7. The third-order valence-electron chi connectivity index (χ3n) is 11.4. The van der Waals surface area contributed by atoms with Crippen LogP contribution in [0.1, 0.15) is 16.7 Å². The first kappa shape index (κ1) is 37.7. The second-order valence-electron chi connectivity index (χ2n) is 15.5. The summed E-state index contributed by atoms with van der Waals surface area (Å²) in [7, 11) is 0. The molecule has 0 N–H and O–H groups in total. The van der Waals surface area contributed by atoms with Crippen LogP contribution in [-0.4, -0.2) is 14.5 Å². The third kappa shape index (κ3) is 7.16. The van der Waals surface area contributed by atoms with Crippen molar-refractivity contribution in [2.75, 3.05) is 0 Å². The lowest BCUT2D eigenvalue weighted by atomic mass is 9.91. The zero-order valence-electron chi connectivity index (χ0n) is 33.5. The SMILES string of the molecule is Cc1ccc(-c2ccc3c(c2)c2ccccc2n3-c2c(-c3ccc(C)cc3)cc(-c3cc(-c4ccccc4)nc(-c4ccccc4)n3)cc2-c2ccc(C(F)(F)F)cc2)cc1. The Kier molecular flexibility index (Phi) is 9.41. The van der Waals surface area contributed by atoms with E-state index in [0.717, 1.165) is 83.3 Å². The van der Waals surface area contributed by atoms with Gasteiger partial charge in [-0.05, 0) is 84.6 Å². The van der Waals surface area contributed by atoms with Crippen molar-refractivity contribution in [3.05, 3.63) is 211 Å². The molecule has 6 heteroatoms. The van der Waals surface area contributed by atoms with Crippen LogP contribution in [-0.2, 0) is 6.18 Å². The molecule has 10 aromatic rings. The van der Waals surface area contributed by atoms with Gasteiger partial charge in [0.25, 0.3) is 0 Å². The second kappa shape index (κ2) is 15.2. The summed E-state index contributed by atoms with van der Waals surface area (Å²) in [6, 6.07) is 63.5. The quantitative estimate of drug-likeness (QED) is 0.161. The van der Waals surface area contributed by atoms with Crippen LogP contribution in [0.15, 0.2) is 194 Å². The molecule has 61 heavy (non-hydrogen) atoms. The van der Waals surface area contributed by atoms with Crippen LogP contribution in [0.2, 0.25) is 0 Å². The number of alkyl halides is 3. The Morgan fingerprint density at radius 1 is 0.393 bits per heavy atom. The maximum absolute atomic E-state index is 14.1. The van der Waals surface area contributed by atoms with Crippen LogP contribution in [0.5, 0.6) is 0 Å². The molecule has 0 saturated carbocycles. The van der Waals surface area contributed by atoms with E-state index in [1.807, 2.05) is 72.8 Å². The molecule has 0 bridgehead atoms. The van der Waals surface area contributed by atoms with Gasteiger partial charge in [0.15, 0.2) is 5.82 Å². The topological polar surface area (TPSA) is 30.7 Å². The normalized spacial score (nSPS) is 11.7. The number of para-hydroxylation sites is 1. The Morgan fingerprint density at radius 3 is 1.49 bits per heavy atom. The molecule has 2 heterocycles. The van der Waals surface area contributed by atoms with Gasteiger partial charge in [-0.15, -0.1) is 0 Å². The van der Waals surface area contributed by atoms with E-state index < -0.39 is 11.7 Å². The Hall–Kier alpha value is -7.57. The van der Waals surface area contributed by atoms with E-state index in [9.17, 15) is 13.2 Å². The van der Waals surface area contributed by atoms with Gasteiger partial charge >= 0.3 is 6.18 Å². The largest absolute Gasteiger partial charge is 0.416 e. The van der Waals surface area contributed by atoms with Gasteiger partial charge in [0.2, 0.25) is 0 Å². The van der Waals surface area contributed by atoms with Gasteiger partial charge in [0, 0.05) is 38.6 Å². The van der Waals surface area contributed by atoms with Crippen molar-refractivity contribution in [2.24, 2.45) is 0 Å². The summed E-state index contributed by atoms with van der Waals surface area (Å²) in [4.78, 5) is 10.2. The van der Waals surface area contributed by atoms with Crippen LogP contribution >= 0.6 is 0 Å². The highest BCUT2D eigenvalue weighted by molar-refractivity contribution is 6.12. The minimum absolute atomic E-state index is 0.570. The summed E-state index contributed by atoms with van der Waals surface area (Å²) in [5.41, 5.74) is 13.9. The summed E-state index contributed by atoms with van der Waals surface area (Å²) < 4.78 is 44.5. The number of hydrogen-bond donors (Lipinski definition) is 0. The van der Waals surface area contributed by atoms with E-state index in [1.165, 1.54) is 17.7 Å². The number of aryl methyl sites for hydroxylation is 2. The summed E-state index contributed by atoms with van der Waals surface area (Å²) in [5.74, 6) is 0.570. The summed E-state index contributed by atoms with van der Waals surface area (Å²) in [6.45, 7) is 4.14. The highest BCUT2D eigenvalue weighted by atomic mass is 19.4. The average molecular weight is 798 g/mol. The lowest BCUT2D eigenvalue weighted by Crippen LogP contribution is -2.05. The average Bonchev–Trinajstić information content (AvgIpc) is 3.62. The van der Waals surface area contributed by atoms with Crippen molar-refractivity contribution < 1.29 is 13.2 Å². The van der Waals surface area contributed by atoms with Crippen LogP contribution in [0.25, 0.3) is 94.8 Å². The van der Waals surface area contributed by atoms with Crippen LogP contribution in [0, 0.1) is 13.8 Å². The van der Waals surface area contributed by atoms with Crippen LogP contribution in [0.3, 0.4) is 0 Å². The number of aromatic nitrogens is 3. The first-order valence-corrected chi connectivity index (χ1v) is 20.2. The molecule has 0 aliphatic carbocycles. The number of halogens is 3. The number of fused-ring (bicyclic) bond motifs is 3. The van der Waals surface area contributed by atoms with Crippen LogP contribution < -0.4 is 0 Å². The number of hydrogen-bond acceptors (Lipinski definition) is 2. The summed E-state index contributed by atoms with van der Waals surface area (Å²) in [6.07, 6.45) is -4.49. The fourth-order valence-corrected chi connectivity index (χ4v) is 8.24. The standard InChI is InChI=1S/C55H38F3N3/c1-35-17-21-37(22-18-35)42-27-30-52-48(31-42)45-15-9-10-16-51(45)61(52)53-46(38-23-19-36(2)20-24-38)32-43(33-47(53)39-25-28-44(29-26-39)55(56,57)58)50-34-49(40-11-5-3-6-12-40)59-54(60-50)41-13-7-4-8-14-41/h3-34H,1-2H3. The maximum atomic E-state index is 14.1. The number of nitrogens with zero attached hydrogens (tertiary/aromatic N) is 3. The van der Waals surface area contributed by atoms with Crippen molar-refractivity contribution in [1.82, 2.24) is 14.5 Å². The zero-order chi connectivity index (χ0) is 41.7. The van der Waals surface area contributed by atoms with Crippen molar-refractivity contribution in [2.45, 2.75) is 20.0 Å². The second-order valence-corrected chi connectivity index (χ2v) is 15.5. The lowest BCUT2D eigenvalue weighted by molar-refractivity contribution is -0.137. The summed E-state index contributed by atoms with van der Waals surface area (Å²) in [5, 5.41) is 2.14. The molecule has 3 nitrogen and oxygen atoms in total. The fourth-order valence-electron chi connectivity index (χ4n) is 8.24. The molecule has 0 aliphatic heterocycles. The molecular formula is C55H38F3N3. The number of benzene rings is 8. The Labute approximate surface area is 352 Å². The molecule has 0 aliphatic rings. The van der Waals surface area contributed by atoms with E-state index >= 15 is 0 Å². The monoisotopic (exact) mass is 797 g/mol. The molecule has 2 aromatic heterocycles. The Balaban J connectivity index is 1.31. The molecule has 0 atom stereocenters. The van der Waals surface area contributed by atoms with E-state index in [2.05, 4.69) is 115 Å². The van der Waals surface area contributed by atoms with Crippen molar-refractivity contribution >= 4 is 21.8 Å². The minimum atomic E-state index is -4.49. The fraction of sp³-hybridized carbons (Fsp3) is 0.0545. The Morgan fingerprint density at radius 2 is 0.885 bits per heavy atom. The van der Waals surface area contributed by atoms with Gasteiger partial charge < -0.3 is 4.57 Å². The Bertz CT molecular complexity index is 3150. The molecule has 0 unspecified atom stereocenters. The van der Waals surface area contributed by atoms with Crippen molar-refractivity contribution in [3.8, 4) is 73.0 Å². The van der Waals surface area contributed by atoms with E-state index in [1.54, 1.807) is 12.1 Å². The molecule has 0 radical (unpaired) electrons. The smallest absolute Gasteiger partial charge is 0.308 e. The molecule has 10 rings (SSSR count). The third-order valence-corrected chi connectivity index (χ3v) is 11.4. The molecule has 0 saturated heterocycles. The van der Waals surface area contributed by atoms with Gasteiger partial charge in [0.1, 0.15) is 0 Å². The first-order valence-electron chi connectivity index (χ1n) is 20.2. The predicted molar refractivity (Wildman–Crippen MR) is 243 cm³/mol. The first-order chi connectivity index (χ1) is 29.7. The van der Waals surface area contributed by atoms with Crippen molar-refractivity contribution in [1.29, 1.82) is 0 Å². The van der Waals surface area contributed by atoms with E-state index in [-0.39, 0.29) is 0 Å². The van der Waals surface area contributed by atoms with Gasteiger partial charge in [-0.1, -0.05) is 157 Å². The van der Waals surface area contributed by atoms with E-state index in [0.29, 0.717) is 17.1 Å². The molecular weight excluding hydrogens is 760 g/mol. The molecule has 8 aromatic carbocycles. The lowest BCUT2D eigenvalue weighted by Gasteiger charge is -2.22. The van der Waals surface area contributed by atoms with Crippen LogP contribution in [0.4, 0.5) is 13.2 Å². The van der Waals surface area contributed by atoms with Gasteiger partial charge in [-0.2, -0.15) is 13.2 Å².